The third kappa shape index (κ3) is 2.73. The summed E-state index contributed by atoms with van der Waals surface area (Å²) in [6, 6.07) is 0. The fraction of sp³-hybridized carbons (Fsp3) is 0.214. The Kier molecular flexibility index (Phi) is 3.68. The van der Waals surface area contributed by atoms with Crippen molar-refractivity contribution in [2.24, 2.45) is 7.05 Å². The fourth-order valence-corrected chi connectivity index (χ4v) is 2.91. The Morgan fingerprint density at radius 3 is 2.68 bits per heavy atom. The number of aryl methyl sites for hydroxylation is 3. The molecule has 0 saturated heterocycles. The van der Waals surface area contributed by atoms with Crippen molar-refractivity contribution in [2.75, 3.05) is 5.32 Å². The Morgan fingerprint density at radius 1 is 1.23 bits per heavy atom. The van der Waals surface area contributed by atoms with Crippen LogP contribution in [-0.4, -0.2) is 30.4 Å². The van der Waals surface area contributed by atoms with Crippen molar-refractivity contribution >= 4 is 22.4 Å². The second kappa shape index (κ2) is 5.64. The maximum Gasteiger partial charge on any atom is 0.277 e. The van der Waals surface area contributed by atoms with Gasteiger partial charge in [0.1, 0.15) is 5.69 Å². The quantitative estimate of drug-likeness (QED) is 0.801. The number of thiazole rings is 1. The van der Waals surface area contributed by atoms with Gasteiger partial charge < -0.3 is 4.57 Å². The van der Waals surface area contributed by atoms with Crippen molar-refractivity contribution in [1.29, 1.82) is 0 Å². The van der Waals surface area contributed by atoms with Gasteiger partial charge in [-0.05, 0) is 13.8 Å². The molecule has 3 aromatic rings. The summed E-state index contributed by atoms with van der Waals surface area (Å²) in [4.78, 5) is 29.9. The summed E-state index contributed by atoms with van der Waals surface area (Å²) in [7, 11) is 1.92. The van der Waals surface area contributed by atoms with Crippen LogP contribution in [0.3, 0.4) is 0 Å². The molecule has 0 saturated carbocycles. The number of hydrogen-bond donors (Lipinski definition) is 1. The molecule has 0 aliphatic rings. The first-order chi connectivity index (χ1) is 10.5. The number of imidazole rings is 1. The van der Waals surface area contributed by atoms with Gasteiger partial charge in [-0.25, -0.2) is 15.0 Å². The molecule has 22 heavy (non-hydrogen) atoms. The first kappa shape index (κ1) is 14.3. The fourth-order valence-electron chi connectivity index (χ4n) is 1.91. The second-order valence-electron chi connectivity index (χ2n) is 4.79. The standard InChI is InChI=1S/C14H14N6OS/c1-8-6-17-10(7-16-8)13(21)19-14-18-9(2)11(22-14)12-15-4-5-20(12)3/h4-7H,1-3H3,(H,18,19,21). The van der Waals surface area contributed by atoms with Crippen molar-refractivity contribution in [2.45, 2.75) is 13.8 Å². The first-order valence-electron chi connectivity index (χ1n) is 6.59. The number of amides is 1. The number of anilines is 1. The third-order valence-electron chi connectivity index (χ3n) is 3.05. The Morgan fingerprint density at radius 2 is 2.05 bits per heavy atom. The van der Waals surface area contributed by atoms with Crippen LogP contribution in [0.1, 0.15) is 21.9 Å². The van der Waals surface area contributed by atoms with Crippen LogP contribution in [0.25, 0.3) is 10.7 Å². The van der Waals surface area contributed by atoms with Gasteiger partial charge in [0.05, 0.1) is 22.5 Å². The lowest BCUT2D eigenvalue weighted by molar-refractivity contribution is 0.102. The molecule has 3 aromatic heterocycles. The summed E-state index contributed by atoms with van der Waals surface area (Å²) >= 11 is 1.38. The zero-order valence-electron chi connectivity index (χ0n) is 12.4. The number of carbonyl (C=O) groups is 1. The molecule has 8 heteroatoms. The molecule has 0 radical (unpaired) electrons. The van der Waals surface area contributed by atoms with Crippen molar-refractivity contribution in [1.82, 2.24) is 24.5 Å². The maximum atomic E-state index is 12.1. The average Bonchev–Trinajstić information content (AvgIpc) is 3.05. The predicted molar refractivity (Wildman–Crippen MR) is 83.8 cm³/mol. The highest BCUT2D eigenvalue weighted by Gasteiger charge is 2.16. The molecule has 0 aliphatic heterocycles. The van der Waals surface area contributed by atoms with Gasteiger partial charge in [0, 0.05) is 25.6 Å². The van der Waals surface area contributed by atoms with Crippen LogP contribution in [0.5, 0.6) is 0 Å². The Bertz CT molecular complexity index is 820. The van der Waals surface area contributed by atoms with Crippen LogP contribution in [0, 0.1) is 13.8 Å². The van der Waals surface area contributed by atoms with E-state index in [1.165, 1.54) is 17.5 Å². The lowest BCUT2D eigenvalue weighted by atomic mass is 10.4. The van der Waals surface area contributed by atoms with E-state index in [2.05, 4.69) is 25.3 Å². The second-order valence-corrected chi connectivity index (χ2v) is 5.79. The minimum Gasteiger partial charge on any atom is -0.333 e. The molecule has 0 atom stereocenters. The number of carbonyl (C=O) groups excluding carboxylic acids is 1. The number of aromatic nitrogens is 5. The molecule has 3 heterocycles. The summed E-state index contributed by atoms with van der Waals surface area (Å²) in [6.45, 7) is 3.71. The molecule has 0 spiro atoms. The van der Waals surface area contributed by atoms with Gasteiger partial charge >= 0.3 is 0 Å². The summed E-state index contributed by atoms with van der Waals surface area (Å²) in [5, 5.41) is 3.27. The van der Waals surface area contributed by atoms with E-state index < -0.39 is 0 Å². The SMILES string of the molecule is Cc1cnc(C(=O)Nc2nc(C)c(-c3nccn3C)s2)cn1. The minimum atomic E-state index is -0.326. The average molecular weight is 314 g/mol. The van der Waals surface area contributed by atoms with Gasteiger partial charge in [-0.3, -0.25) is 15.1 Å². The van der Waals surface area contributed by atoms with Gasteiger partial charge in [-0.15, -0.1) is 0 Å². The van der Waals surface area contributed by atoms with E-state index in [-0.39, 0.29) is 11.6 Å². The monoisotopic (exact) mass is 314 g/mol. The number of hydrogen-bond acceptors (Lipinski definition) is 6. The number of nitrogens with zero attached hydrogens (tertiary/aromatic N) is 5. The van der Waals surface area contributed by atoms with Gasteiger partial charge in [-0.1, -0.05) is 11.3 Å². The predicted octanol–water partition coefficient (Wildman–Crippen LogP) is 2.20. The molecule has 0 aromatic carbocycles. The molecule has 112 valence electrons. The highest BCUT2D eigenvalue weighted by molar-refractivity contribution is 7.19. The molecule has 3 rings (SSSR count). The summed E-state index contributed by atoms with van der Waals surface area (Å²) in [6.07, 6.45) is 6.61. The summed E-state index contributed by atoms with van der Waals surface area (Å²) in [5.41, 5.74) is 1.85. The zero-order valence-corrected chi connectivity index (χ0v) is 13.2. The van der Waals surface area contributed by atoms with Gasteiger partial charge in [-0.2, -0.15) is 0 Å². The maximum absolute atomic E-state index is 12.1. The molecule has 0 fully saturated rings. The summed E-state index contributed by atoms with van der Waals surface area (Å²) < 4.78 is 1.91. The molecular weight excluding hydrogens is 300 g/mol. The van der Waals surface area contributed by atoms with Crippen LogP contribution in [0.15, 0.2) is 24.8 Å². The third-order valence-corrected chi connectivity index (χ3v) is 4.12. The van der Waals surface area contributed by atoms with Crippen LogP contribution in [-0.2, 0) is 7.05 Å². The molecule has 1 N–H and O–H groups in total. The molecule has 1 amide bonds. The number of rotatable bonds is 3. The highest BCUT2D eigenvalue weighted by atomic mass is 32.1. The van der Waals surface area contributed by atoms with E-state index in [1.807, 2.05) is 31.7 Å². The van der Waals surface area contributed by atoms with Gasteiger partial charge in [0.25, 0.3) is 5.91 Å². The highest BCUT2D eigenvalue weighted by Crippen LogP contribution is 2.31. The van der Waals surface area contributed by atoms with Crippen LogP contribution in [0.4, 0.5) is 5.13 Å². The Hall–Kier alpha value is -2.61. The topological polar surface area (TPSA) is 85.6 Å². The molecule has 7 nitrogen and oxygen atoms in total. The van der Waals surface area contributed by atoms with Crippen LogP contribution >= 0.6 is 11.3 Å². The van der Waals surface area contributed by atoms with E-state index in [0.717, 1.165) is 22.1 Å². The van der Waals surface area contributed by atoms with Crippen molar-refractivity contribution in [3.05, 3.63) is 41.9 Å². The van der Waals surface area contributed by atoms with Crippen molar-refractivity contribution in [3.63, 3.8) is 0 Å². The van der Waals surface area contributed by atoms with E-state index in [1.54, 1.807) is 12.4 Å². The van der Waals surface area contributed by atoms with Crippen LogP contribution in [0.2, 0.25) is 0 Å². The number of nitrogens with one attached hydrogen (secondary N) is 1. The van der Waals surface area contributed by atoms with Crippen molar-refractivity contribution in [3.8, 4) is 10.7 Å². The lowest BCUT2D eigenvalue weighted by Gasteiger charge is -2.00. The summed E-state index contributed by atoms with van der Waals surface area (Å²) in [5.74, 6) is 0.498. The molecule has 0 aliphatic carbocycles. The largest absolute Gasteiger partial charge is 0.333 e. The lowest BCUT2D eigenvalue weighted by Crippen LogP contribution is -2.13. The first-order valence-corrected chi connectivity index (χ1v) is 7.41. The van der Waals surface area contributed by atoms with Crippen molar-refractivity contribution < 1.29 is 4.79 Å². The van der Waals surface area contributed by atoms with E-state index >= 15 is 0 Å². The molecular formula is C14H14N6OS. The molecule has 0 unspecified atom stereocenters. The van der Waals surface area contributed by atoms with Crippen LogP contribution < -0.4 is 5.32 Å². The van der Waals surface area contributed by atoms with E-state index in [4.69, 9.17) is 0 Å². The van der Waals surface area contributed by atoms with E-state index in [9.17, 15) is 4.79 Å². The Balaban J connectivity index is 1.83. The van der Waals surface area contributed by atoms with Gasteiger partial charge in [0.2, 0.25) is 0 Å². The smallest absolute Gasteiger partial charge is 0.277 e. The van der Waals surface area contributed by atoms with Gasteiger partial charge in [0.15, 0.2) is 11.0 Å². The normalized spacial score (nSPS) is 10.7. The Labute approximate surface area is 131 Å². The zero-order chi connectivity index (χ0) is 15.7. The van der Waals surface area contributed by atoms with E-state index in [0.29, 0.717) is 5.13 Å². The molecule has 0 bridgehead atoms. The minimum absolute atomic E-state index is 0.261.